The first-order valence-corrected chi connectivity index (χ1v) is 9.16. The maximum Gasteiger partial charge on any atom is 0.199 e. The van der Waals surface area contributed by atoms with Gasteiger partial charge >= 0.3 is 0 Å². The normalized spacial score (nSPS) is 17.0. The lowest BCUT2D eigenvalue weighted by molar-refractivity contribution is 0.226. The molecule has 0 spiro atoms. The Morgan fingerprint density at radius 3 is 2.52 bits per heavy atom. The smallest absolute Gasteiger partial charge is 0.199 e. The number of nitrogens with one attached hydrogen (secondary N) is 2. The van der Waals surface area contributed by atoms with Crippen LogP contribution in [0.25, 0.3) is 5.69 Å². The first-order chi connectivity index (χ1) is 13.2. The minimum atomic E-state index is -0.337. The molecule has 0 saturated heterocycles. The number of amidine groups is 1. The van der Waals surface area contributed by atoms with E-state index in [1.807, 2.05) is 65.2 Å². The Morgan fingerprint density at radius 2 is 1.81 bits per heavy atom. The molecule has 0 radical (unpaired) electrons. The number of aromatic nitrogens is 2. The number of hydrogen-bond donors (Lipinski definition) is 3. The van der Waals surface area contributed by atoms with E-state index in [9.17, 15) is 5.11 Å². The third-order valence-electron chi connectivity index (χ3n) is 4.49. The number of aliphatic hydroxyl groups excluding tert-OH is 1. The molecule has 3 aromatic rings. The van der Waals surface area contributed by atoms with Gasteiger partial charge in [0.2, 0.25) is 0 Å². The van der Waals surface area contributed by atoms with Gasteiger partial charge in [-0.15, -0.1) is 0 Å². The van der Waals surface area contributed by atoms with Crippen LogP contribution in [0.15, 0.2) is 72.0 Å². The molecule has 0 amide bonds. The van der Waals surface area contributed by atoms with Gasteiger partial charge < -0.3 is 10.4 Å². The summed E-state index contributed by atoms with van der Waals surface area (Å²) in [6.07, 6.45) is 2.09. The molecule has 2 aromatic carbocycles. The molecule has 2 atom stereocenters. The Hall–Kier alpha value is -2.67. The van der Waals surface area contributed by atoms with Crippen molar-refractivity contribution < 1.29 is 5.11 Å². The highest BCUT2D eigenvalue weighted by Gasteiger charge is 2.28. The Kier molecular flexibility index (Phi) is 5.20. The van der Waals surface area contributed by atoms with Crippen LogP contribution in [-0.4, -0.2) is 32.6 Å². The Morgan fingerprint density at radius 1 is 1.11 bits per heavy atom. The zero-order valence-electron chi connectivity index (χ0n) is 14.6. The molecule has 1 aliphatic rings. The molecular weight excluding hydrogens is 362 g/mol. The number of nitrogens with zero attached hydrogens (tertiary/aromatic N) is 3. The monoisotopic (exact) mass is 381 g/mol. The zero-order chi connectivity index (χ0) is 18.6. The number of rotatable bonds is 6. The van der Waals surface area contributed by atoms with Gasteiger partial charge in [0.25, 0.3) is 0 Å². The molecule has 1 unspecified atom stereocenters. The predicted octanol–water partition coefficient (Wildman–Crippen LogP) is 2.89. The molecule has 0 saturated carbocycles. The average molecular weight is 382 g/mol. The fourth-order valence-electron chi connectivity index (χ4n) is 3.19. The van der Waals surface area contributed by atoms with Crippen LogP contribution in [0.2, 0.25) is 0 Å². The molecule has 0 bridgehead atoms. The minimum absolute atomic E-state index is 0.00341. The van der Waals surface area contributed by atoms with E-state index in [0.29, 0.717) is 12.2 Å². The van der Waals surface area contributed by atoms with Crippen LogP contribution >= 0.6 is 11.6 Å². The van der Waals surface area contributed by atoms with Crippen molar-refractivity contribution in [2.75, 3.05) is 6.61 Å². The van der Waals surface area contributed by atoms with Gasteiger partial charge in [-0.25, -0.2) is 4.98 Å². The van der Waals surface area contributed by atoms with Crippen LogP contribution in [0.1, 0.15) is 17.4 Å². The summed E-state index contributed by atoms with van der Waals surface area (Å²) in [5, 5.41) is 16.6. The van der Waals surface area contributed by atoms with Crippen LogP contribution in [0.5, 0.6) is 0 Å². The molecule has 7 heteroatoms. The minimum Gasteiger partial charge on any atom is -0.395 e. The second-order valence-electron chi connectivity index (χ2n) is 6.37. The van der Waals surface area contributed by atoms with Crippen molar-refractivity contribution in [2.45, 2.75) is 18.6 Å². The van der Waals surface area contributed by atoms with Crippen molar-refractivity contribution in [1.82, 2.24) is 20.2 Å². The first-order valence-electron chi connectivity index (χ1n) is 8.79. The topological polar surface area (TPSA) is 74.5 Å². The van der Waals surface area contributed by atoms with Crippen molar-refractivity contribution in [3.8, 4) is 5.69 Å². The standard InChI is InChI=1S/C20H20ClN5O/c21-20-24-18(23-15(12-27)11-14-7-3-1-4-8-14)17-19(25-20)26(13-22-17)16-9-5-2-6-10-16/h1-10,13,15,18,23,27H,11-12H2,(H,24,25)/t15?,18-/m1/s1. The van der Waals surface area contributed by atoms with Gasteiger partial charge in [-0.3, -0.25) is 9.88 Å². The molecule has 1 aliphatic heterocycles. The Labute approximate surface area is 162 Å². The fourth-order valence-corrected chi connectivity index (χ4v) is 3.38. The van der Waals surface area contributed by atoms with Gasteiger partial charge in [-0.05, 0) is 35.7 Å². The Bertz CT molecular complexity index is 926. The molecule has 6 nitrogen and oxygen atoms in total. The number of aliphatic hydroxyl groups is 1. The lowest BCUT2D eigenvalue weighted by Gasteiger charge is -2.27. The molecular formula is C20H20ClN5O. The lowest BCUT2D eigenvalue weighted by Crippen LogP contribution is -2.45. The number of para-hydroxylation sites is 1. The van der Waals surface area contributed by atoms with Crippen LogP contribution in [0, 0.1) is 0 Å². The molecule has 2 heterocycles. The number of benzene rings is 2. The summed E-state index contributed by atoms with van der Waals surface area (Å²) >= 11 is 6.24. The Balaban J connectivity index is 1.59. The number of aliphatic imine (C=N–C) groups is 1. The highest BCUT2D eigenvalue weighted by molar-refractivity contribution is 6.65. The van der Waals surface area contributed by atoms with E-state index in [-0.39, 0.29) is 24.1 Å². The fraction of sp³-hybridized carbons (Fsp3) is 0.200. The molecule has 4 rings (SSSR count). The predicted molar refractivity (Wildman–Crippen MR) is 107 cm³/mol. The molecule has 138 valence electrons. The van der Waals surface area contributed by atoms with E-state index in [0.717, 1.165) is 16.9 Å². The lowest BCUT2D eigenvalue weighted by atomic mass is 10.1. The van der Waals surface area contributed by atoms with Crippen LogP contribution < -0.4 is 10.6 Å². The molecule has 27 heavy (non-hydrogen) atoms. The SMILES string of the molecule is OCC(Cc1ccccc1)N[C@@H]1NC(Cl)=Nc2c1ncn2-c1ccccc1. The number of halogens is 1. The van der Waals surface area contributed by atoms with E-state index >= 15 is 0 Å². The number of fused-ring (bicyclic) bond motifs is 1. The summed E-state index contributed by atoms with van der Waals surface area (Å²) in [4.78, 5) is 8.95. The average Bonchev–Trinajstić information content (AvgIpc) is 3.13. The largest absolute Gasteiger partial charge is 0.395 e. The van der Waals surface area contributed by atoms with Gasteiger partial charge in [-0.1, -0.05) is 48.5 Å². The second kappa shape index (κ2) is 7.92. The van der Waals surface area contributed by atoms with E-state index in [1.54, 1.807) is 6.33 Å². The summed E-state index contributed by atoms with van der Waals surface area (Å²) in [6, 6.07) is 19.8. The maximum atomic E-state index is 9.84. The molecule has 1 aromatic heterocycles. The van der Waals surface area contributed by atoms with Crippen molar-refractivity contribution in [3.05, 3.63) is 78.2 Å². The van der Waals surface area contributed by atoms with Crippen molar-refractivity contribution in [1.29, 1.82) is 0 Å². The van der Waals surface area contributed by atoms with Crippen molar-refractivity contribution in [2.24, 2.45) is 4.99 Å². The highest BCUT2D eigenvalue weighted by atomic mass is 35.5. The van der Waals surface area contributed by atoms with E-state index in [1.165, 1.54) is 0 Å². The van der Waals surface area contributed by atoms with Gasteiger partial charge in [0, 0.05) is 11.7 Å². The van der Waals surface area contributed by atoms with E-state index in [4.69, 9.17) is 11.6 Å². The summed E-state index contributed by atoms with van der Waals surface area (Å²) in [5.74, 6) is 0.679. The quantitative estimate of drug-likeness (QED) is 0.574. The number of hydrogen-bond acceptors (Lipinski definition) is 5. The maximum absolute atomic E-state index is 9.84. The zero-order valence-corrected chi connectivity index (χ0v) is 15.3. The van der Waals surface area contributed by atoms with E-state index < -0.39 is 0 Å². The third kappa shape index (κ3) is 3.88. The van der Waals surface area contributed by atoms with Gasteiger partial charge in [0.1, 0.15) is 18.2 Å². The summed E-state index contributed by atoms with van der Waals surface area (Å²) < 4.78 is 1.90. The molecule has 0 fully saturated rings. The third-order valence-corrected chi connectivity index (χ3v) is 4.69. The number of imidazole rings is 1. The summed E-state index contributed by atoms with van der Waals surface area (Å²) in [6.45, 7) is -0.00341. The van der Waals surface area contributed by atoms with Crippen LogP contribution in [0.4, 0.5) is 5.82 Å². The van der Waals surface area contributed by atoms with Crippen molar-refractivity contribution in [3.63, 3.8) is 0 Å². The second-order valence-corrected chi connectivity index (χ2v) is 6.73. The van der Waals surface area contributed by atoms with Crippen LogP contribution in [-0.2, 0) is 6.42 Å². The molecule has 3 N–H and O–H groups in total. The highest BCUT2D eigenvalue weighted by Crippen LogP contribution is 2.30. The summed E-state index contributed by atoms with van der Waals surface area (Å²) in [5.41, 5.74) is 2.85. The first kappa shape index (κ1) is 17.7. The van der Waals surface area contributed by atoms with E-state index in [2.05, 4.69) is 20.6 Å². The van der Waals surface area contributed by atoms with Gasteiger partial charge in [-0.2, -0.15) is 4.99 Å². The summed E-state index contributed by atoms with van der Waals surface area (Å²) in [7, 11) is 0. The van der Waals surface area contributed by atoms with Gasteiger partial charge in [0.15, 0.2) is 11.1 Å². The van der Waals surface area contributed by atoms with Gasteiger partial charge in [0.05, 0.1) is 6.61 Å². The van der Waals surface area contributed by atoms with Crippen molar-refractivity contribution >= 4 is 22.7 Å². The molecule has 0 aliphatic carbocycles. The van der Waals surface area contributed by atoms with Crippen LogP contribution in [0.3, 0.4) is 0 Å².